The van der Waals surface area contributed by atoms with E-state index >= 15 is 0 Å². The molecule has 1 saturated heterocycles. The van der Waals surface area contributed by atoms with E-state index < -0.39 is 0 Å². The van der Waals surface area contributed by atoms with Gasteiger partial charge in [0.05, 0.1) is 0 Å². The van der Waals surface area contributed by atoms with E-state index in [1.54, 1.807) is 0 Å². The zero-order valence-corrected chi connectivity index (χ0v) is 9.78. The van der Waals surface area contributed by atoms with E-state index in [1.165, 1.54) is 31.6 Å². The number of nitrogens with zero attached hydrogens (tertiary/aromatic N) is 1. The third-order valence-electron chi connectivity index (χ3n) is 3.18. The van der Waals surface area contributed by atoms with Crippen LogP contribution in [0.3, 0.4) is 0 Å². The van der Waals surface area contributed by atoms with Crippen molar-refractivity contribution in [1.29, 1.82) is 0 Å². The maximum atomic E-state index is 4.31. The Morgan fingerprint density at radius 1 is 1.31 bits per heavy atom. The van der Waals surface area contributed by atoms with Crippen molar-refractivity contribution in [1.82, 2.24) is 15.6 Å². The van der Waals surface area contributed by atoms with Crippen molar-refractivity contribution in [2.24, 2.45) is 5.92 Å². The molecule has 0 radical (unpaired) electrons. The summed E-state index contributed by atoms with van der Waals surface area (Å²) in [6, 6.07) is 6.10. The monoisotopic (exact) mass is 219 g/mol. The Hall–Kier alpha value is -0.930. The molecule has 0 amide bonds. The lowest BCUT2D eigenvalue weighted by Gasteiger charge is -2.22. The van der Waals surface area contributed by atoms with Gasteiger partial charge in [-0.3, -0.25) is 4.98 Å². The molecular formula is C13H21N3. The highest BCUT2D eigenvalue weighted by Gasteiger charge is 2.11. The van der Waals surface area contributed by atoms with E-state index in [-0.39, 0.29) is 0 Å². The molecule has 16 heavy (non-hydrogen) atoms. The molecule has 1 aromatic rings. The molecule has 3 heteroatoms. The van der Waals surface area contributed by atoms with Gasteiger partial charge in [-0.1, -0.05) is 6.07 Å². The molecule has 2 N–H and O–H groups in total. The summed E-state index contributed by atoms with van der Waals surface area (Å²) in [5.74, 6) is 0.866. The molecule has 0 saturated carbocycles. The van der Waals surface area contributed by atoms with Crippen LogP contribution in [-0.4, -0.2) is 31.2 Å². The standard InChI is InChI=1S/C13H21N3/c1-2-7-16-13(3-1)6-10-15-11-12-4-8-14-9-5-12/h1-3,7,12,14-15H,4-6,8-11H2. The molecule has 0 aromatic carbocycles. The van der Waals surface area contributed by atoms with Crippen molar-refractivity contribution < 1.29 is 0 Å². The molecule has 2 heterocycles. The smallest absolute Gasteiger partial charge is 0.0416 e. The Balaban J connectivity index is 1.58. The molecule has 0 unspecified atom stereocenters. The van der Waals surface area contributed by atoms with Crippen LogP contribution >= 0.6 is 0 Å². The van der Waals surface area contributed by atoms with Gasteiger partial charge in [0.25, 0.3) is 0 Å². The molecule has 0 bridgehead atoms. The van der Waals surface area contributed by atoms with Gasteiger partial charge < -0.3 is 10.6 Å². The Morgan fingerprint density at radius 2 is 2.19 bits per heavy atom. The molecule has 1 aromatic heterocycles. The van der Waals surface area contributed by atoms with Gasteiger partial charge in [-0.15, -0.1) is 0 Å². The highest BCUT2D eigenvalue weighted by Crippen LogP contribution is 2.09. The normalized spacial score (nSPS) is 17.5. The number of hydrogen-bond acceptors (Lipinski definition) is 3. The van der Waals surface area contributed by atoms with E-state index in [1.807, 2.05) is 12.3 Å². The van der Waals surface area contributed by atoms with E-state index in [0.717, 1.165) is 25.4 Å². The summed E-state index contributed by atoms with van der Waals surface area (Å²) in [5, 5.41) is 6.93. The molecule has 3 nitrogen and oxygen atoms in total. The topological polar surface area (TPSA) is 37.0 Å². The summed E-state index contributed by atoms with van der Waals surface area (Å²) in [6.07, 6.45) is 5.53. The van der Waals surface area contributed by atoms with E-state index in [9.17, 15) is 0 Å². The van der Waals surface area contributed by atoms with Crippen molar-refractivity contribution in [3.8, 4) is 0 Å². The summed E-state index contributed by atoms with van der Waals surface area (Å²) >= 11 is 0. The van der Waals surface area contributed by atoms with Crippen LogP contribution in [0, 0.1) is 5.92 Å². The first-order valence-electron chi connectivity index (χ1n) is 6.26. The average molecular weight is 219 g/mol. The third-order valence-corrected chi connectivity index (χ3v) is 3.18. The second-order valence-electron chi connectivity index (χ2n) is 4.47. The summed E-state index contributed by atoms with van der Waals surface area (Å²) in [7, 11) is 0. The van der Waals surface area contributed by atoms with Gasteiger partial charge in [0.15, 0.2) is 0 Å². The molecule has 1 aliphatic heterocycles. The van der Waals surface area contributed by atoms with Crippen molar-refractivity contribution >= 4 is 0 Å². The highest BCUT2D eigenvalue weighted by molar-refractivity contribution is 5.03. The fourth-order valence-corrected chi connectivity index (χ4v) is 2.15. The van der Waals surface area contributed by atoms with Gasteiger partial charge in [-0.25, -0.2) is 0 Å². The Labute approximate surface area is 97.7 Å². The SMILES string of the molecule is c1ccc(CCNCC2CCNCC2)nc1. The van der Waals surface area contributed by atoms with Crippen LogP contribution in [-0.2, 0) is 6.42 Å². The predicted molar refractivity (Wildman–Crippen MR) is 66.4 cm³/mol. The minimum Gasteiger partial charge on any atom is -0.317 e. The number of piperidine rings is 1. The number of pyridine rings is 1. The second-order valence-corrected chi connectivity index (χ2v) is 4.47. The Kier molecular flexibility index (Phi) is 4.77. The number of hydrogen-bond donors (Lipinski definition) is 2. The summed E-state index contributed by atoms with van der Waals surface area (Å²) in [5.41, 5.74) is 1.18. The summed E-state index contributed by atoms with van der Waals surface area (Å²) in [4.78, 5) is 4.31. The fraction of sp³-hybridized carbons (Fsp3) is 0.615. The van der Waals surface area contributed by atoms with Gasteiger partial charge in [0.1, 0.15) is 0 Å². The Morgan fingerprint density at radius 3 is 2.94 bits per heavy atom. The zero-order valence-electron chi connectivity index (χ0n) is 9.78. The largest absolute Gasteiger partial charge is 0.317 e. The van der Waals surface area contributed by atoms with E-state index in [2.05, 4.69) is 27.8 Å². The maximum Gasteiger partial charge on any atom is 0.0416 e. The maximum absolute atomic E-state index is 4.31. The quantitative estimate of drug-likeness (QED) is 0.731. The number of nitrogens with one attached hydrogen (secondary N) is 2. The van der Waals surface area contributed by atoms with Gasteiger partial charge in [-0.05, 0) is 50.5 Å². The first kappa shape index (κ1) is 11.6. The minimum absolute atomic E-state index is 0.866. The molecule has 1 aliphatic rings. The lowest BCUT2D eigenvalue weighted by atomic mass is 9.98. The van der Waals surface area contributed by atoms with Crippen LogP contribution in [0.4, 0.5) is 0 Å². The van der Waals surface area contributed by atoms with Crippen LogP contribution in [0.25, 0.3) is 0 Å². The fourth-order valence-electron chi connectivity index (χ4n) is 2.15. The molecule has 0 aliphatic carbocycles. The van der Waals surface area contributed by atoms with Crippen LogP contribution in [0.5, 0.6) is 0 Å². The van der Waals surface area contributed by atoms with E-state index in [4.69, 9.17) is 0 Å². The van der Waals surface area contributed by atoms with Crippen LogP contribution in [0.2, 0.25) is 0 Å². The van der Waals surface area contributed by atoms with Crippen LogP contribution in [0.15, 0.2) is 24.4 Å². The molecule has 2 rings (SSSR count). The Bertz CT molecular complexity index is 280. The molecular weight excluding hydrogens is 198 g/mol. The van der Waals surface area contributed by atoms with Crippen LogP contribution in [0.1, 0.15) is 18.5 Å². The average Bonchev–Trinajstić information content (AvgIpc) is 2.37. The van der Waals surface area contributed by atoms with Crippen molar-refractivity contribution in [2.45, 2.75) is 19.3 Å². The van der Waals surface area contributed by atoms with Crippen molar-refractivity contribution in [3.05, 3.63) is 30.1 Å². The molecule has 88 valence electrons. The number of aromatic nitrogens is 1. The molecule has 1 fully saturated rings. The lowest BCUT2D eigenvalue weighted by molar-refractivity contribution is 0.357. The summed E-state index contributed by atoms with van der Waals surface area (Å²) in [6.45, 7) is 4.58. The highest BCUT2D eigenvalue weighted by atomic mass is 14.9. The van der Waals surface area contributed by atoms with Gasteiger partial charge in [-0.2, -0.15) is 0 Å². The van der Waals surface area contributed by atoms with E-state index in [0.29, 0.717) is 0 Å². The van der Waals surface area contributed by atoms with Crippen molar-refractivity contribution in [2.75, 3.05) is 26.2 Å². The second kappa shape index (κ2) is 6.61. The first-order valence-corrected chi connectivity index (χ1v) is 6.26. The van der Waals surface area contributed by atoms with Gasteiger partial charge >= 0.3 is 0 Å². The van der Waals surface area contributed by atoms with Gasteiger partial charge in [0.2, 0.25) is 0 Å². The number of rotatable bonds is 5. The van der Waals surface area contributed by atoms with Crippen molar-refractivity contribution in [3.63, 3.8) is 0 Å². The molecule has 0 spiro atoms. The molecule has 0 atom stereocenters. The van der Waals surface area contributed by atoms with Crippen LogP contribution < -0.4 is 10.6 Å². The van der Waals surface area contributed by atoms with Gasteiger partial charge in [0, 0.05) is 24.9 Å². The predicted octanol–water partition coefficient (Wildman–Crippen LogP) is 1.21. The lowest BCUT2D eigenvalue weighted by Crippen LogP contribution is -2.34. The summed E-state index contributed by atoms with van der Waals surface area (Å²) < 4.78 is 0. The first-order chi connectivity index (χ1) is 7.95. The third kappa shape index (κ3) is 3.91. The zero-order chi connectivity index (χ0) is 11.1. The minimum atomic E-state index is 0.866.